The Labute approximate surface area is 115 Å². The monoisotopic (exact) mass is 266 g/mol. The van der Waals surface area contributed by atoms with E-state index < -0.39 is 18.3 Å². The lowest BCUT2D eigenvalue weighted by Gasteiger charge is -2.20. The molecule has 3 heteroatoms. The quantitative estimate of drug-likeness (QED) is 0.601. The summed E-state index contributed by atoms with van der Waals surface area (Å²) < 4.78 is 0. The second kappa shape index (κ2) is 9.08. The molecule has 0 saturated carbocycles. The van der Waals surface area contributed by atoms with E-state index in [0.29, 0.717) is 12.8 Å². The minimum absolute atomic E-state index is 0.224. The third kappa shape index (κ3) is 6.71. The van der Waals surface area contributed by atoms with Gasteiger partial charge in [0.25, 0.3) is 0 Å². The Kier molecular flexibility index (Phi) is 7.72. The van der Waals surface area contributed by atoms with Crippen LogP contribution in [0.3, 0.4) is 0 Å². The van der Waals surface area contributed by atoms with E-state index in [0.717, 1.165) is 24.8 Å². The molecule has 3 unspecified atom stereocenters. The number of hydrogen-bond acceptors (Lipinski definition) is 3. The summed E-state index contributed by atoms with van der Waals surface area (Å²) in [6, 6.07) is 9.69. The molecule has 1 rings (SSSR count). The number of aliphatic hydroxyl groups is 3. The van der Waals surface area contributed by atoms with Crippen LogP contribution >= 0.6 is 0 Å². The van der Waals surface area contributed by atoms with Gasteiger partial charge in [-0.15, -0.1) is 0 Å². The molecule has 1 aromatic carbocycles. The Morgan fingerprint density at radius 1 is 0.947 bits per heavy atom. The molecule has 3 nitrogen and oxygen atoms in total. The van der Waals surface area contributed by atoms with Gasteiger partial charge in [0.15, 0.2) is 0 Å². The number of rotatable bonds is 9. The second-order valence-electron chi connectivity index (χ2n) is 5.21. The van der Waals surface area contributed by atoms with Crippen molar-refractivity contribution in [1.29, 1.82) is 0 Å². The Balaban J connectivity index is 2.28. The summed E-state index contributed by atoms with van der Waals surface area (Å²) in [6.07, 6.45) is 2.25. The van der Waals surface area contributed by atoms with E-state index in [1.54, 1.807) is 0 Å². The minimum Gasteiger partial charge on any atom is -0.393 e. The fraction of sp³-hybridized carbons (Fsp3) is 0.625. The smallest absolute Gasteiger partial charge is 0.0823 e. The van der Waals surface area contributed by atoms with Crippen LogP contribution in [0.1, 0.15) is 44.6 Å². The van der Waals surface area contributed by atoms with Crippen molar-refractivity contribution >= 4 is 0 Å². The first kappa shape index (κ1) is 16.2. The standard InChI is InChI=1S/C16H26O3/c1-2-3-5-10-15(18)16(19)12-14(17)11-13-8-6-4-7-9-13/h4,6-9,14-19H,2-3,5,10-12H2,1H3. The van der Waals surface area contributed by atoms with Crippen molar-refractivity contribution in [3.8, 4) is 0 Å². The molecule has 3 N–H and O–H groups in total. The number of aliphatic hydroxyl groups excluding tert-OH is 3. The number of benzene rings is 1. The van der Waals surface area contributed by atoms with Crippen molar-refractivity contribution in [3.05, 3.63) is 35.9 Å². The molecule has 19 heavy (non-hydrogen) atoms. The molecule has 0 aliphatic heterocycles. The number of unbranched alkanes of at least 4 members (excludes halogenated alkanes) is 2. The van der Waals surface area contributed by atoms with E-state index in [1.165, 1.54) is 0 Å². The highest BCUT2D eigenvalue weighted by Gasteiger charge is 2.19. The third-order valence-corrected chi connectivity index (χ3v) is 3.38. The minimum atomic E-state index is -0.837. The molecular formula is C16H26O3. The van der Waals surface area contributed by atoms with Gasteiger partial charge in [0, 0.05) is 6.42 Å². The van der Waals surface area contributed by atoms with Crippen LogP contribution in [-0.2, 0) is 6.42 Å². The molecule has 0 radical (unpaired) electrons. The summed E-state index contributed by atoms with van der Waals surface area (Å²) in [5.41, 5.74) is 1.04. The first-order chi connectivity index (χ1) is 9.13. The Hall–Kier alpha value is -0.900. The zero-order valence-corrected chi connectivity index (χ0v) is 11.7. The molecule has 3 atom stereocenters. The summed E-state index contributed by atoms with van der Waals surface area (Å²) in [7, 11) is 0. The molecule has 0 saturated heterocycles. The van der Waals surface area contributed by atoms with Crippen LogP contribution in [0.4, 0.5) is 0 Å². The highest BCUT2D eigenvalue weighted by atomic mass is 16.3. The summed E-state index contributed by atoms with van der Waals surface area (Å²) in [4.78, 5) is 0. The van der Waals surface area contributed by atoms with Gasteiger partial charge < -0.3 is 15.3 Å². The molecule has 0 amide bonds. The molecule has 0 heterocycles. The lowest BCUT2D eigenvalue weighted by Crippen LogP contribution is -2.30. The fourth-order valence-electron chi connectivity index (χ4n) is 2.20. The molecular weight excluding hydrogens is 240 g/mol. The van der Waals surface area contributed by atoms with Crippen molar-refractivity contribution in [1.82, 2.24) is 0 Å². The first-order valence-corrected chi connectivity index (χ1v) is 7.21. The highest BCUT2D eigenvalue weighted by molar-refractivity contribution is 5.15. The van der Waals surface area contributed by atoms with E-state index >= 15 is 0 Å². The average Bonchev–Trinajstić information content (AvgIpc) is 2.39. The zero-order chi connectivity index (χ0) is 14.1. The van der Waals surface area contributed by atoms with Crippen molar-refractivity contribution in [3.63, 3.8) is 0 Å². The van der Waals surface area contributed by atoms with E-state index in [-0.39, 0.29) is 6.42 Å². The first-order valence-electron chi connectivity index (χ1n) is 7.21. The zero-order valence-electron chi connectivity index (χ0n) is 11.7. The molecule has 1 aromatic rings. The van der Waals surface area contributed by atoms with Crippen molar-refractivity contribution in [2.45, 2.75) is 63.8 Å². The molecule has 0 bridgehead atoms. The van der Waals surface area contributed by atoms with Gasteiger partial charge in [-0.05, 0) is 18.4 Å². The van der Waals surface area contributed by atoms with E-state index in [1.807, 2.05) is 30.3 Å². The fourth-order valence-corrected chi connectivity index (χ4v) is 2.20. The Morgan fingerprint density at radius 2 is 1.63 bits per heavy atom. The summed E-state index contributed by atoms with van der Waals surface area (Å²) in [5.74, 6) is 0. The van der Waals surface area contributed by atoms with Crippen LogP contribution in [0.25, 0.3) is 0 Å². The van der Waals surface area contributed by atoms with Crippen molar-refractivity contribution in [2.24, 2.45) is 0 Å². The van der Waals surface area contributed by atoms with E-state index in [9.17, 15) is 15.3 Å². The summed E-state index contributed by atoms with van der Waals surface area (Å²) >= 11 is 0. The Morgan fingerprint density at radius 3 is 2.26 bits per heavy atom. The van der Waals surface area contributed by atoms with Crippen LogP contribution < -0.4 is 0 Å². The van der Waals surface area contributed by atoms with Gasteiger partial charge >= 0.3 is 0 Å². The maximum Gasteiger partial charge on any atom is 0.0823 e. The van der Waals surface area contributed by atoms with Gasteiger partial charge in [0.2, 0.25) is 0 Å². The summed E-state index contributed by atoms with van der Waals surface area (Å²) in [5, 5.41) is 29.6. The van der Waals surface area contributed by atoms with Crippen LogP contribution in [-0.4, -0.2) is 33.6 Å². The van der Waals surface area contributed by atoms with Crippen LogP contribution in [0, 0.1) is 0 Å². The molecule has 0 aromatic heterocycles. The van der Waals surface area contributed by atoms with Crippen molar-refractivity contribution in [2.75, 3.05) is 0 Å². The van der Waals surface area contributed by atoms with Gasteiger partial charge in [-0.2, -0.15) is 0 Å². The van der Waals surface area contributed by atoms with Gasteiger partial charge in [-0.25, -0.2) is 0 Å². The average molecular weight is 266 g/mol. The Bertz CT molecular complexity index is 326. The van der Waals surface area contributed by atoms with Crippen LogP contribution in [0.15, 0.2) is 30.3 Å². The maximum absolute atomic E-state index is 9.92. The maximum atomic E-state index is 9.92. The predicted molar refractivity (Wildman–Crippen MR) is 76.9 cm³/mol. The second-order valence-corrected chi connectivity index (χ2v) is 5.21. The van der Waals surface area contributed by atoms with E-state index in [2.05, 4.69) is 6.92 Å². The molecule has 0 spiro atoms. The summed E-state index contributed by atoms with van der Waals surface area (Å²) in [6.45, 7) is 2.10. The topological polar surface area (TPSA) is 60.7 Å². The molecule has 0 aliphatic rings. The lowest BCUT2D eigenvalue weighted by molar-refractivity contribution is -0.0163. The SMILES string of the molecule is CCCCCC(O)C(O)CC(O)Cc1ccccc1. The van der Waals surface area contributed by atoms with Gasteiger partial charge in [-0.1, -0.05) is 56.5 Å². The molecule has 0 fully saturated rings. The van der Waals surface area contributed by atoms with E-state index in [4.69, 9.17) is 0 Å². The van der Waals surface area contributed by atoms with Crippen LogP contribution in [0.2, 0.25) is 0 Å². The third-order valence-electron chi connectivity index (χ3n) is 3.38. The van der Waals surface area contributed by atoms with Gasteiger partial charge in [0.05, 0.1) is 18.3 Å². The normalized spacial score (nSPS) is 16.0. The highest BCUT2D eigenvalue weighted by Crippen LogP contribution is 2.13. The lowest BCUT2D eigenvalue weighted by atomic mass is 9.98. The van der Waals surface area contributed by atoms with Gasteiger partial charge in [-0.3, -0.25) is 0 Å². The predicted octanol–water partition coefficient (Wildman–Crippen LogP) is 2.28. The van der Waals surface area contributed by atoms with Gasteiger partial charge in [0.1, 0.15) is 0 Å². The molecule has 0 aliphatic carbocycles. The van der Waals surface area contributed by atoms with Crippen LogP contribution in [0.5, 0.6) is 0 Å². The van der Waals surface area contributed by atoms with Crippen molar-refractivity contribution < 1.29 is 15.3 Å². The number of hydrogen-bond donors (Lipinski definition) is 3. The largest absolute Gasteiger partial charge is 0.393 e. The molecule has 108 valence electrons.